The molecule has 86 heavy (non-hydrogen) atoms. The van der Waals surface area contributed by atoms with Gasteiger partial charge < -0.3 is 56.5 Å². The van der Waals surface area contributed by atoms with Crippen molar-refractivity contribution in [3.05, 3.63) is 44.3 Å². The van der Waals surface area contributed by atoms with Gasteiger partial charge in [0, 0.05) is 85.2 Å². The van der Waals surface area contributed by atoms with Crippen molar-refractivity contribution in [1.29, 1.82) is 0 Å². The van der Waals surface area contributed by atoms with Crippen molar-refractivity contribution < 1.29 is 57.7 Å². The summed E-state index contributed by atoms with van der Waals surface area (Å²) in [6, 6.07) is 0.249. The molecule has 3 fully saturated rings. The topological polar surface area (TPSA) is 360 Å². The number of nitrogens with zero attached hydrogens (tertiary/aromatic N) is 7. The minimum atomic E-state index is -0.959. The van der Waals surface area contributed by atoms with Crippen LogP contribution < -0.4 is 33.2 Å². The zero-order chi connectivity index (χ0) is 64.2. The number of nitrogen functional groups attached to an aromatic ring is 2. The van der Waals surface area contributed by atoms with Gasteiger partial charge >= 0.3 is 24.1 Å². The highest BCUT2D eigenvalue weighted by atomic mass is 32.1. The van der Waals surface area contributed by atoms with E-state index in [9.17, 15) is 38.4 Å². The molecule has 4 aromatic rings. The van der Waals surface area contributed by atoms with Gasteiger partial charge in [-0.15, -0.1) is 45.3 Å². The van der Waals surface area contributed by atoms with Gasteiger partial charge in [0.1, 0.15) is 16.8 Å². The Morgan fingerprint density at radius 3 is 1.19 bits per heavy atom. The fourth-order valence-corrected chi connectivity index (χ4v) is 11.2. The van der Waals surface area contributed by atoms with E-state index in [0.717, 1.165) is 74.3 Å². The molecule has 29 heteroatoms. The maximum Gasteiger partial charge on any atom is 0.413 e. The molecular formula is C57H89N13O12S4. The average Bonchev–Trinajstić information content (AvgIpc) is 4.31. The number of hydrogen-bond donors (Lipinski definition) is 7. The van der Waals surface area contributed by atoms with E-state index >= 15 is 0 Å². The molecular weight excluding hydrogens is 1190 g/mol. The molecule has 0 aliphatic carbocycles. The Hall–Kier alpha value is -6.56. The molecule has 3 saturated heterocycles. The number of amides is 6. The van der Waals surface area contributed by atoms with Gasteiger partial charge in [-0.05, 0) is 133 Å². The van der Waals surface area contributed by atoms with Gasteiger partial charge in [-0.1, -0.05) is 0 Å². The monoisotopic (exact) mass is 1280 g/mol. The van der Waals surface area contributed by atoms with Crippen molar-refractivity contribution in [2.24, 2.45) is 17.6 Å². The lowest BCUT2D eigenvalue weighted by Crippen LogP contribution is -2.43. The number of carbonyl (C=O) groups is 8. The molecule has 4 aromatic heterocycles. The number of thiazole rings is 4. The minimum Gasteiger partial charge on any atom is -0.481 e. The summed E-state index contributed by atoms with van der Waals surface area (Å²) in [5.41, 5.74) is 17.6. The Labute approximate surface area is 520 Å². The molecule has 478 valence electrons. The number of carboxylic acids is 1. The number of likely N-dealkylation sites (tertiary alicyclic amines) is 3. The second kappa shape index (κ2) is 33.0. The Morgan fingerprint density at radius 1 is 0.512 bits per heavy atom. The van der Waals surface area contributed by atoms with Gasteiger partial charge in [-0.3, -0.25) is 39.4 Å². The summed E-state index contributed by atoms with van der Waals surface area (Å²) < 4.78 is 15.6. The van der Waals surface area contributed by atoms with Crippen LogP contribution in [-0.4, -0.2) is 155 Å². The number of nitrogens with two attached hydrogens (primary N) is 3. The van der Waals surface area contributed by atoms with Crippen molar-refractivity contribution in [2.45, 2.75) is 189 Å². The number of rotatable bonds is 14. The van der Waals surface area contributed by atoms with E-state index < -0.39 is 35.0 Å². The third kappa shape index (κ3) is 29.7. The first kappa shape index (κ1) is 71.9. The minimum absolute atomic E-state index is 0.000152. The number of anilines is 4. The molecule has 3 aliphatic heterocycles. The largest absolute Gasteiger partial charge is 0.481 e. The standard InChI is InChI=1S/C21H33N3O5S.C16H26N4O2S.C10H16N4OS.C10H14N2O4S/c1-20(2,3)28-17(26)11-14-7-9-24(10-8-14)16(25)12-15-13-30-18(22-15)23-19(27)29-21(4,5)6;1-16(2,3)19-13(21)8-11-4-6-20(7-5-11)14(22)9-12-10-23-15(17)18-12;11-7-1-3-14(4-2-7)9(15)5-8-6-16-10(12)13-8;1-10(2,3)16-9(15)12-8-11-6(5-17-8)4-7(13)14/h13-14H,7-12H2,1-6H3,(H,22,23,27);10-11H,4-9H2,1-3H3,(H2,17,18)(H,19,21);6-7H,1-5,11H2,(H2,12,13);5H,4H2,1-3H3,(H,13,14)(H,11,12,15). The number of esters is 1. The van der Waals surface area contributed by atoms with E-state index in [1.54, 1.807) is 52.3 Å². The van der Waals surface area contributed by atoms with Gasteiger partial charge in [0.2, 0.25) is 23.6 Å². The fourth-order valence-electron chi connectivity index (χ4n) is 8.71. The predicted molar refractivity (Wildman–Crippen MR) is 335 cm³/mol. The summed E-state index contributed by atoms with van der Waals surface area (Å²) in [4.78, 5) is 116. The van der Waals surface area contributed by atoms with Gasteiger partial charge in [-0.25, -0.2) is 29.5 Å². The van der Waals surface area contributed by atoms with E-state index in [-0.39, 0.29) is 59.9 Å². The summed E-state index contributed by atoms with van der Waals surface area (Å²) in [6.07, 6.45) is 5.56. The number of hydrogen-bond acceptors (Lipinski definition) is 22. The van der Waals surface area contributed by atoms with E-state index in [4.69, 9.17) is 36.5 Å². The summed E-state index contributed by atoms with van der Waals surface area (Å²) in [6.45, 7) is 26.4. The summed E-state index contributed by atoms with van der Waals surface area (Å²) in [7, 11) is 0. The van der Waals surface area contributed by atoms with Crippen LogP contribution in [0.5, 0.6) is 0 Å². The average molecular weight is 1280 g/mol. The van der Waals surface area contributed by atoms with Crippen LogP contribution in [0.2, 0.25) is 0 Å². The van der Waals surface area contributed by atoms with E-state index in [1.165, 1.54) is 34.0 Å². The van der Waals surface area contributed by atoms with Crippen LogP contribution in [0.25, 0.3) is 0 Å². The smallest absolute Gasteiger partial charge is 0.413 e. The second-order valence-electron chi connectivity index (χ2n) is 25.2. The lowest BCUT2D eigenvalue weighted by molar-refractivity contribution is -0.156. The van der Waals surface area contributed by atoms with Crippen LogP contribution in [0.3, 0.4) is 0 Å². The molecule has 10 N–H and O–H groups in total. The Balaban J connectivity index is 0.000000253. The summed E-state index contributed by atoms with van der Waals surface area (Å²) in [5.74, 6) is -0.229. The van der Waals surface area contributed by atoms with E-state index in [0.29, 0.717) is 89.7 Å². The molecule has 0 saturated carbocycles. The van der Waals surface area contributed by atoms with E-state index in [2.05, 4.69) is 35.9 Å². The first-order valence-corrected chi connectivity index (χ1v) is 32.1. The van der Waals surface area contributed by atoms with Crippen LogP contribution in [0.1, 0.15) is 157 Å². The van der Waals surface area contributed by atoms with Crippen LogP contribution in [-0.2, 0) is 68.7 Å². The zero-order valence-electron chi connectivity index (χ0n) is 51.7. The normalized spacial score (nSPS) is 15.3. The maximum absolute atomic E-state index is 12.6. The van der Waals surface area contributed by atoms with Crippen LogP contribution in [0.15, 0.2) is 21.5 Å². The molecule has 3 aliphatic rings. The Bertz CT molecular complexity index is 2860. The number of aromatic nitrogens is 4. The summed E-state index contributed by atoms with van der Waals surface area (Å²) in [5, 5.41) is 25.4. The predicted octanol–water partition coefficient (Wildman–Crippen LogP) is 8.15. The van der Waals surface area contributed by atoms with Crippen molar-refractivity contribution in [1.82, 2.24) is 40.0 Å². The molecule has 0 bridgehead atoms. The third-order valence-corrected chi connectivity index (χ3v) is 15.5. The SMILES string of the molecule is CC(C)(C)NC(=O)CC1CCN(C(=O)Cc2csc(N)n2)CC1.CC(C)(C)OC(=O)CC1CCN(C(=O)Cc2csc(NC(=O)OC(C)(C)C)n2)CC1.CC(C)(C)OC(=O)Nc1nc(CC(=O)O)cs1.Nc1nc(CC(=O)N2CCC(N)CC2)cs1. The maximum atomic E-state index is 12.6. The number of carboxylic acid groups (broad SMARTS) is 1. The van der Waals surface area contributed by atoms with Crippen LogP contribution in [0, 0.1) is 11.8 Å². The van der Waals surface area contributed by atoms with E-state index in [1.807, 2.05) is 67.0 Å². The Morgan fingerprint density at radius 2 is 0.849 bits per heavy atom. The number of ether oxygens (including phenoxy) is 3. The molecule has 7 rings (SSSR count). The second-order valence-corrected chi connectivity index (χ2v) is 28.7. The molecule has 0 radical (unpaired) electrons. The third-order valence-electron chi connectivity index (χ3n) is 12.5. The highest BCUT2D eigenvalue weighted by Gasteiger charge is 2.29. The van der Waals surface area contributed by atoms with Gasteiger partial charge in [-0.2, -0.15) is 0 Å². The molecule has 0 spiro atoms. The Kier molecular flexibility index (Phi) is 27.6. The highest BCUT2D eigenvalue weighted by molar-refractivity contribution is 7.14. The molecule has 0 unspecified atom stereocenters. The first-order valence-electron chi connectivity index (χ1n) is 28.6. The van der Waals surface area contributed by atoms with Crippen LogP contribution in [0.4, 0.5) is 30.1 Å². The number of nitrogens with one attached hydrogen (secondary N) is 3. The zero-order valence-corrected chi connectivity index (χ0v) is 55.0. The first-order chi connectivity index (χ1) is 39.9. The van der Waals surface area contributed by atoms with Gasteiger partial charge in [0.25, 0.3) is 0 Å². The molecule has 7 heterocycles. The van der Waals surface area contributed by atoms with Crippen molar-refractivity contribution in [2.75, 3.05) is 61.4 Å². The highest BCUT2D eigenvalue weighted by Crippen LogP contribution is 2.26. The number of aliphatic carboxylic acids is 1. The molecule has 0 aromatic carbocycles. The molecule has 6 amide bonds. The molecule has 0 atom stereocenters. The van der Waals surface area contributed by atoms with Crippen molar-refractivity contribution >= 4 is 114 Å². The van der Waals surface area contributed by atoms with Gasteiger partial charge in [0.05, 0.1) is 48.5 Å². The fraction of sp³-hybridized carbons (Fsp3) is 0.649. The van der Waals surface area contributed by atoms with Crippen LogP contribution >= 0.6 is 45.3 Å². The number of piperidine rings is 3. The molecule has 25 nitrogen and oxygen atoms in total. The van der Waals surface area contributed by atoms with Crippen molar-refractivity contribution in [3.63, 3.8) is 0 Å². The van der Waals surface area contributed by atoms with Crippen molar-refractivity contribution in [3.8, 4) is 0 Å². The lowest BCUT2D eigenvalue weighted by atomic mass is 9.92. The quantitative estimate of drug-likeness (QED) is 0.0462. The number of carbonyl (C=O) groups excluding carboxylic acids is 7. The van der Waals surface area contributed by atoms with Gasteiger partial charge in [0.15, 0.2) is 20.5 Å². The lowest BCUT2D eigenvalue weighted by Gasteiger charge is -2.32. The summed E-state index contributed by atoms with van der Waals surface area (Å²) >= 11 is 5.14.